The van der Waals surface area contributed by atoms with Gasteiger partial charge >= 0.3 is 0 Å². The summed E-state index contributed by atoms with van der Waals surface area (Å²) in [5, 5.41) is 1.65. The number of fused-ring (bicyclic) bond motifs is 1. The third kappa shape index (κ3) is 3.36. The van der Waals surface area contributed by atoms with Crippen molar-refractivity contribution in [3.05, 3.63) is 58.7 Å². The average molecular weight is 417 g/mol. The van der Waals surface area contributed by atoms with Gasteiger partial charge in [0, 0.05) is 17.8 Å². The van der Waals surface area contributed by atoms with Crippen LogP contribution in [0.1, 0.15) is 0 Å². The fourth-order valence-corrected chi connectivity index (χ4v) is 3.45. The van der Waals surface area contributed by atoms with Crippen molar-refractivity contribution in [2.24, 2.45) is 0 Å². The monoisotopic (exact) mass is 416 g/mol. The number of imidazole rings is 1. The van der Waals surface area contributed by atoms with Gasteiger partial charge in [-0.05, 0) is 42.7 Å². The number of thioether (sulfide) groups is 1. The van der Waals surface area contributed by atoms with Gasteiger partial charge in [-0.3, -0.25) is 4.57 Å². The molecule has 27 heavy (non-hydrogen) atoms. The van der Waals surface area contributed by atoms with E-state index in [0.717, 1.165) is 28.2 Å². The van der Waals surface area contributed by atoms with Crippen molar-refractivity contribution >= 4 is 46.0 Å². The fourth-order valence-electron chi connectivity index (χ4n) is 2.80. The van der Waals surface area contributed by atoms with Crippen molar-refractivity contribution in [2.75, 3.05) is 13.4 Å². The van der Waals surface area contributed by atoms with Crippen molar-refractivity contribution in [3.63, 3.8) is 0 Å². The first kappa shape index (κ1) is 18.1. The van der Waals surface area contributed by atoms with Gasteiger partial charge < -0.3 is 4.74 Å². The average Bonchev–Trinajstić information content (AvgIpc) is 3.08. The van der Waals surface area contributed by atoms with E-state index in [9.17, 15) is 0 Å². The highest BCUT2D eigenvalue weighted by atomic mass is 35.5. The molecule has 0 atom stereocenters. The summed E-state index contributed by atoms with van der Waals surface area (Å²) in [6, 6.07) is 13.1. The molecule has 4 rings (SSSR count). The third-order valence-corrected chi connectivity index (χ3v) is 5.37. The van der Waals surface area contributed by atoms with Crippen LogP contribution in [0.3, 0.4) is 0 Å². The van der Waals surface area contributed by atoms with Crippen LogP contribution in [0.4, 0.5) is 0 Å². The molecule has 0 spiro atoms. The normalized spacial score (nSPS) is 11.1. The predicted octanol–water partition coefficient (Wildman–Crippen LogP) is 5.52. The maximum Gasteiger partial charge on any atom is 0.189 e. The zero-order valence-corrected chi connectivity index (χ0v) is 16.8. The van der Waals surface area contributed by atoms with Gasteiger partial charge in [-0.1, -0.05) is 35.0 Å². The summed E-state index contributed by atoms with van der Waals surface area (Å²) in [6.45, 7) is 0. The van der Waals surface area contributed by atoms with E-state index in [1.807, 2.05) is 41.2 Å². The minimum atomic E-state index is 0.470. The lowest BCUT2D eigenvalue weighted by atomic mass is 10.2. The first-order chi connectivity index (χ1) is 13.1. The molecule has 2 aromatic carbocycles. The Kier molecular flexibility index (Phi) is 4.95. The van der Waals surface area contributed by atoms with Gasteiger partial charge in [0.05, 0.1) is 28.2 Å². The molecule has 5 nitrogen and oxygen atoms in total. The Morgan fingerprint density at radius 1 is 1.00 bits per heavy atom. The Labute approximate surface area is 170 Å². The van der Waals surface area contributed by atoms with Gasteiger partial charge in [-0.2, -0.15) is 0 Å². The van der Waals surface area contributed by atoms with Crippen LogP contribution in [0, 0.1) is 0 Å². The van der Waals surface area contributed by atoms with Crippen LogP contribution in [0.2, 0.25) is 10.0 Å². The smallest absolute Gasteiger partial charge is 0.189 e. The zero-order valence-electron chi connectivity index (χ0n) is 14.5. The van der Waals surface area contributed by atoms with Crippen LogP contribution in [0.5, 0.6) is 5.75 Å². The van der Waals surface area contributed by atoms with E-state index >= 15 is 0 Å². The Morgan fingerprint density at radius 2 is 1.85 bits per heavy atom. The highest BCUT2D eigenvalue weighted by molar-refractivity contribution is 7.98. The molecule has 0 saturated heterocycles. The minimum Gasteiger partial charge on any atom is -0.497 e. The molecule has 2 heterocycles. The Hall–Kier alpha value is -2.28. The minimum absolute atomic E-state index is 0.470. The second kappa shape index (κ2) is 7.38. The predicted molar refractivity (Wildman–Crippen MR) is 110 cm³/mol. The van der Waals surface area contributed by atoms with Crippen molar-refractivity contribution < 1.29 is 4.74 Å². The molecule has 0 aliphatic rings. The van der Waals surface area contributed by atoms with Crippen molar-refractivity contribution in [3.8, 4) is 23.0 Å². The number of halogens is 2. The second-order valence-corrected chi connectivity index (χ2v) is 7.24. The standard InChI is InChI=1S/C19H14Cl2N4OS/c1-26-12-4-6-16-15(10-12)23-18(11-3-5-13(20)14(21)9-11)25(16)17-7-8-22-19(24-17)27-2/h3-10H,1-2H3. The largest absolute Gasteiger partial charge is 0.497 e. The van der Waals surface area contributed by atoms with E-state index in [-0.39, 0.29) is 0 Å². The number of methoxy groups -OCH3 is 1. The highest BCUT2D eigenvalue weighted by Gasteiger charge is 2.17. The number of benzene rings is 2. The lowest BCUT2D eigenvalue weighted by Gasteiger charge is -2.10. The summed E-state index contributed by atoms with van der Waals surface area (Å²) in [6.07, 6.45) is 3.68. The molecule has 136 valence electrons. The van der Waals surface area contributed by atoms with Gasteiger partial charge in [0.15, 0.2) is 5.16 Å². The first-order valence-corrected chi connectivity index (χ1v) is 9.98. The maximum atomic E-state index is 6.24. The summed E-state index contributed by atoms with van der Waals surface area (Å²) in [4.78, 5) is 13.7. The van der Waals surface area contributed by atoms with E-state index in [2.05, 4.69) is 9.97 Å². The molecule has 0 saturated carbocycles. The molecule has 0 radical (unpaired) electrons. The molecule has 0 N–H and O–H groups in total. The molecule has 0 aliphatic heterocycles. The highest BCUT2D eigenvalue weighted by Crippen LogP contribution is 2.33. The number of hydrogen-bond acceptors (Lipinski definition) is 5. The first-order valence-electron chi connectivity index (χ1n) is 8.00. The number of nitrogens with zero attached hydrogens (tertiary/aromatic N) is 4. The van der Waals surface area contributed by atoms with Crippen LogP contribution in [-0.2, 0) is 0 Å². The van der Waals surface area contributed by atoms with Crippen molar-refractivity contribution in [1.29, 1.82) is 0 Å². The summed E-state index contributed by atoms with van der Waals surface area (Å²) in [7, 11) is 1.63. The lowest BCUT2D eigenvalue weighted by molar-refractivity contribution is 0.415. The Bertz CT molecular complexity index is 1150. The number of ether oxygens (including phenoxy) is 1. The summed E-state index contributed by atoms with van der Waals surface area (Å²) in [5.41, 5.74) is 2.53. The van der Waals surface area contributed by atoms with E-state index < -0.39 is 0 Å². The quantitative estimate of drug-likeness (QED) is 0.323. The molecular weight excluding hydrogens is 403 g/mol. The second-order valence-electron chi connectivity index (χ2n) is 5.66. The third-order valence-electron chi connectivity index (χ3n) is 4.07. The molecule has 0 unspecified atom stereocenters. The summed E-state index contributed by atoms with van der Waals surface area (Å²) >= 11 is 13.8. The maximum absolute atomic E-state index is 6.24. The van der Waals surface area contributed by atoms with Gasteiger partial charge in [0.25, 0.3) is 0 Å². The van der Waals surface area contributed by atoms with Gasteiger partial charge in [-0.25, -0.2) is 15.0 Å². The van der Waals surface area contributed by atoms with Crippen LogP contribution in [0.25, 0.3) is 28.2 Å². The van der Waals surface area contributed by atoms with Gasteiger partial charge in [0.1, 0.15) is 17.4 Å². The lowest BCUT2D eigenvalue weighted by Crippen LogP contribution is -2.02. The van der Waals surface area contributed by atoms with Crippen molar-refractivity contribution in [1.82, 2.24) is 19.5 Å². The summed E-state index contributed by atoms with van der Waals surface area (Å²) < 4.78 is 7.32. The number of aromatic nitrogens is 4. The van der Waals surface area contributed by atoms with Crippen LogP contribution in [-0.4, -0.2) is 32.9 Å². The van der Waals surface area contributed by atoms with Crippen LogP contribution >= 0.6 is 35.0 Å². The number of rotatable bonds is 4. The molecular formula is C19H14Cl2N4OS. The molecule has 0 bridgehead atoms. The Balaban J connectivity index is 2.02. The molecule has 8 heteroatoms. The molecule has 2 aromatic heterocycles. The topological polar surface area (TPSA) is 52.8 Å². The molecule has 0 aliphatic carbocycles. The van der Waals surface area contributed by atoms with Crippen LogP contribution < -0.4 is 4.74 Å². The SMILES string of the molecule is COc1ccc2c(c1)nc(-c1ccc(Cl)c(Cl)c1)n2-c1ccnc(SC)n1. The van der Waals surface area contributed by atoms with Crippen LogP contribution in [0.15, 0.2) is 53.8 Å². The van der Waals surface area contributed by atoms with E-state index in [0.29, 0.717) is 21.0 Å². The van der Waals surface area contributed by atoms with E-state index in [1.54, 1.807) is 25.4 Å². The van der Waals surface area contributed by atoms with E-state index in [4.69, 9.17) is 32.9 Å². The fraction of sp³-hybridized carbons (Fsp3) is 0.105. The molecule has 0 fully saturated rings. The molecule has 0 amide bonds. The molecule has 4 aromatic rings. The summed E-state index contributed by atoms with van der Waals surface area (Å²) in [5.74, 6) is 2.17. The number of hydrogen-bond donors (Lipinski definition) is 0. The van der Waals surface area contributed by atoms with Crippen molar-refractivity contribution in [2.45, 2.75) is 5.16 Å². The van der Waals surface area contributed by atoms with E-state index in [1.165, 1.54) is 11.8 Å². The van der Waals surface area contributed by atoms with Gasteiger partial charge in [-0.15, -0.1) is 0 Å². The zero-order chi connectivity index (χ0) is 19.0. The Morgan fingerprint density at radius 3 is 2.59 bits per heavy atom. The van der Waals surface area contributed by atoms with Gasteiger partial charge in [0.2, 0.25) is 0 Å².